The molecule has 96 valence electrons. The molecule has 3 atom stereocenters. The van der Waals surface area contributed by atoms with E-state index in [4.69, 9.17) is 10.5 Å². The minimum Gasteiger partial charge on any atom is -0.385 e. The third kappa shape index (κ3) is 4.52. The molecule has 0 amide bonds. The van der Waals surface area contributed by atoms with E-state index in [9.17, 15) is 4.21 Å². The van der Waals surface area contributed by atoms with Gasteiger partial charge >= 0.3 is 0 Å². The zero-order valence-electron chi connectivity index (χ0n) is 10.3. The lowest BCUT2D eigenvalue weighted by Crippen LogP contribution is -2.32. The van der Waals surface area contributed by atoms with Crippen LogP contribution in [0.2, 0.25) is 0 Å². The van der Waals surface area contributed by atoms with E-state index in [0.717, 1.165) is 25.0 Å². The van der Waals surface area contributed by atoms with Gasteiger partial charge in [-0.25, -0.2) is 0 Å². The molecule has 0 aromatic rings. The van der Waals surface area contributed by atoms with Crippen molar-refractivity contribution in [3.8, 4) is 0 Å². The Morgan fingerprint density at radius 2 is 2.06 bits per heavy atom. The second kappa shape index (κ2) is 8.20. The predicted octanol–water partition coefficient (Wildman–Crippen LogP) is 1.68. The summed E-state index contributed by atoms with van der Waals surface area (Å²) in [6.07, 6.45) is 6.92. The Labute approximate surface area is 102 Å². The third-order valence-electron chi connectivity index (χ3n) is 3.42. The maximum absolute atomic E-state index is 12.2. The van der Waals surface area contributed by atoms with Crippen LogP contribution in [0.1, 0.15) is 38.5 Å². The summed E-state index contributed by atoms with van der Waals surface area (Å²) in [5, 5.41) is 0.337. The van der Waals surface area contributed by atoms with Crippen molar-refractivity contribution >= 4 is 10.8 Å². The average Bonchev–Trinajstić information content (AvgIpc) is 2.54. The van der Waals surface area contributed by atoms with Gasteiger partial charge in [0.2, 0.25) is 0 Å². The summed E-state index contributed by atoms with van der Waals surface area (Å²) in [4.78, 5) is 0. The summed E-state index contributed by atoms with van der Waals surface area (Å²) in [5.74, 6) is 1.25. The molecule has 3 nitrogen and oxygen atoms in total. The van der Waals surface area contributed by atoms with E-state index in [-0.39, 0.29) is 0 Å². The van der Waals surface area contributed by atoms with Crippen molar-refractivity contribution in [3.05, 3.63) is 0 Å². The van der Waals surface area contributed by atoms with Crippen molar-refractivity contribution in [2.75, 3.05) is 26.0 Å². The molecule has 0 radical (unpaired) electrons. The number of methoxy groups -OCH3 is 1. The summed E-state index contributed by atoms with van der Waals surface area (Å²) in [5.41, 5.74) is 5.80. The van der Waals surface area contributed by atoms with Gasteiger partial charge in [0.05, 0.1) is 0 Å². The predicted molar refractivity (Wildman–Crippen MR) is 68.9 cm³/mol. The highest BCUT2D eigenvalue weighted by atomic mass is 32.2. The Morgan fingerprint density at radius 1 is 1.31 bits per heavy atom. The first-order valence-corrected chi connectivity index (χ1v) is 7.74. The van der Waals surface area contributed by atoms with Gasteiger partial charge in [0.1, 0.15) is 0 Å². The first-order valence-electron chi connectivity index (χ1n) is 6.35. The number of nitrogens with two attached hydrogens (primary N) is 1. The van der Waals surface area contributed by atoms with Crippen LogP contribution >= 0.6 is 0 Å². The lowest BCUT2D eigenvalue weighted by atomic mass is 10.0. The molecule has 4 heteroatoms. The molecule has 1 saturated carbocycles. The first kappa shape index (κ1) is 14.1. The molecular weight excluding hydrogens is 222 g/mol. The molecule has 0 saturated heterocycles. The van der Waals surface area contributed by atoms with Crippen LogP contribution in [0.4, 0.5) is 0 Å². The molecular formula is C12H25NO2S. The number of hydrogen-bond acceptors (Lipinski definition) is 3. The van der Waals surface area contributed by atoms with Gasteiger partial charge in [0, 0.05) is 35.5 Å². The van der Waals surface area contributed by atoms with Crippen LogP contribution in [-0.4, -0.2) is 35.5 Å². The van der Waals surface area contributed by atoms with Gasteiger partial charge in [-0.15, -0.1) is 0 Å². The second-order valence-electron chi connectivity index (χ2n) is 4.60. The number of ether oxygens (including phenoxy) is 1. The van der Waals surface area contributed by atoms with Crippen LogP contribution in [0.25, 0.3) is 0 Å². The van der Waals surface area contributed by atoms with Crippen LogP contribution in [-0.2, 0) is 15.5 Å². The maximum Gasteiger partial charge on any atom is 0.0471 e. The van der Waals surface area contributed by atoms with Crippen LogP contribution in [0.15, 0.2) is 0 Å². The Kier molecular flexibility index (Phi) is 7.25. The third-order valence-corrected chi connectivity index (χ3v) is 5.41. The van der Waals surface area contributed by atoms with E-state index in [0.29, 0.717) is 24.3 Å². The lowest BCUT2D eigenvalue weighted by Gasteiger charge is -2.23. The smallest absolute Gasteiger partial charge is 0.0471 e. The SMILES string of the molecule is COCCCS(=O)C1CCCCCC1CN. The van der Waals surface area contributed by atoms with Crippen LogP contribution < -0.4 is 5.73 Å². The highest BCUT2D eigenvalue weighted by molar-refractivity contribution is 7.85. The largest absolute Gasteiger partial charge is 0.385 e. The molecule has 2 N–H and O–H groups in total. The fourth-order valence-electron chi connectivity index (χ4n) is 2.46. The normalized spacial score (nSPS) is 28.6. The Bertz CT molecular complexity index is 211. The van der Waals surface area contributed by atoms with Gasteiger partial charge in [-0.3, -0.25) is 4.21 Å². The zero-order valence-corrected chi connectivity index (χ0v) is 11.1. The average molecular weight is 247 g/mol. The first-order chi connectivity index (χ1) is 7.79. The molecule has 0 bridgehead atoms. The molecule has 1 fully saturated rings. The van der Waals surface area contributed by atoms with Gasteiger partial charge in [0.25, 0.3) is 0 Å². The van der Waals surface area contributed by atoms with Crippen molar-refractivity contribution in [1.29, 1.82) is 0 Å². The van der Waals surface area contributed by atoms with E-state index in [1.807, 2.05) is 0 Å². The quantitative estimate of drug-likeness (QED) is 0.574. The van der Waals surface area contributed by atoms with E-state index in [1.165, 1.54) is 19.3 Å². The molecule has 0 spiro atoms. The summed E-state index contributed by atoms with van der Waals surface area (Å²) in [7, 11) is 0.983. The van der Waals surface area contributed by atoms with Gasteiger partial charge in [-0.2, -0.15) is 0 Å². The summed E-state index contributed by atoms with van der Waals surface area (Å²) in [6.45, 7) is 1.41. The summed E-state index contributed by atoms with van der Waals surface area (Å²) < 4.78 is 17.2. The van der Waals surface area contributed by atoms with Crippen LogP contribution in [0, 0.1) is 5.92 Å². The molecule has 16 heavy (non-hydrogen) atoms. The molecule has 0 aliphatic heterocycles. The fraction of sp³-hybridized carbons (Fsp3) is 1.00. The van der Waals surface area contributed by atoms with E-state index in [2.05, 4.69) is 0 Å². The molecule has 0 aromatic carbocycles. The Hall–Kier alpha value is 0.0700. The monoisotopic (exact) mass is 247 g/mol. The summed E-state index contributed by atoms with van der Waals surface area (Å²) >= 11 is 0. The van der Waals surface area contributed by atoms with Crippen LogP contribution in [0.3, 0.4) is 0 Å². The fourth-order valence-corrected chi connectivity index (χ4v) is 4.27. The number of hydrogen-bond donors (Lipinski definition) is 1. The molecule has 1 rings (SSSR count). The lowest BCUT2D eigenvalue weighted by molar-refractivity contribution is 0.200. The van der Waals surface area contributed by atoms with Crippen molar-refractivity contribution in [2.24, 2.45) is 11.7 Å². The second-order valence-corrected chi connectivity index (χ2v) is 6.38. The topological polar surface area (TPSA) is 52.3 Å². The molecule has 0 aromatic heterocycles. The van der Waals surface area contributed by atoms with Crippen molar-refractivity contribution in [3.63, 3.8) is 0 Å². The Balaban J connectivity index is 2.42. The molecule has 1 aliphatic carbocycles. The standard InChI is InChI=1S/C12H25NO2S/c1-15-8-5-9-16(14)12-7-4-2-3-6-11(12)10-13/h11-12H,2-10,13H2,1H3. The molecule has 3 unspecified atom stereocenters. The van der Waals surface area contributed by atoms with E-state index >= 15 is 0 Å². The van der Waals surface area contributed by atoms with Gasteiger partial charge in [0.15, 0.2) is 0 Å². The van der Waals surface area contributed by atoms with E-state index in [1.54, 1.807) is 7.11 Å². The van der Waals surface area contributed by atoms with E-state index < -0.39 is 10.8 Å². The molecule has 0 heterocycles. The highest BCUT2D eigenvalue weighted by Crippen LogP contribution is 2.26. The minimum atomic E-state index is -0.709. The Morgan fingerprint density at radius 3 is 2.75 bits per heavy atom. The summed E-state index contributed by atoms with van der Waals surface area (Å²) in [6, 6.07) is 0. The minimum absolute atomic E-state index is 0.337. The maximum atomic E-state index is 12.2. The van der Waals surface area contributed by atoms with Crippen molar-refractivity contribution in [1.82, 2.24) is 0 Å². The van der Waals surface area contributed by atoms with Crippen molar-refractivity contribution < 1.29 is 8.95 Å². The van der Waals surface area contributed by atoms with Gasteiger partial charge in [-0.1, -0.05) is 19.3 Å². The molecule has 1 aliphatic rings. The van der Waals surface area contributed by atoms with Gasteiger partial charge < -0.3 is 10.5 Å². The van der Waals surface area contributed by atoms with Crippen molar-refractivity contribution in [2.45, 2.75) is 43.8 Å². The number of rotatable bonds is 6. The zero-order chi connectivity index (χ0) is 11.8. The highest BCUT2D eigenvalue weighted by Gasteiger charge is 2.27. The van der Waals surface area contributed by atoms with Gasteiger partial charge in [-0.05, 0) is 31.7 Å². The van der Waals surface area contributed by atoms with Crippen LogP contribution in [0.5, 0.6) is 0 Å².